The van der Waals surface area contributed by atoms with Crippen molar-refractivity contribution >= 4 is 27.4 Å². The fourth-order valence-corrected chi connectivity index (χ4v) is 4.77. The van der Waals surface area contributed by atoms with Gasteiger partial charge < -0.3 is 10.1 Å². The molecule has 148 valence electrons. The van der Waals surface area contributed by atoms with Crippen LogP contribution in [0, 0.1) is 19.1 Å². The molecule has 28 heavy (non-hydrogen) atoms. The third-order valence-corrected chi connectivity index (χ3v) is 6.73. The molecule has 0 aromatic carbocycles. The molecule has 6 nitrogen and oxygen atoms in total. The molecule has 0 aliphatic carbocycles. The van der Waals surface area contributed by atoms with Crippen molar-refractivity contribution in [3.63, 3.8) is 0 Å². The number of pyridine rings is 1. The summed E-state index contributed by atoms with van der Waals surface area (Å²) in [4.78, 5) is 16.2. The molecule has 1 aliphatic rings. The van der Waals surface area contributed by atoms with E-state index in [2.05, 4.69) is 39.7 Å². The van der Waals surface area contributed by atoms with E-state index in [-0.39, 0.29) is 0 Å². The number of hydrogen-bond acceptors (Lipinski definition) is 6. The van der Waals surface area contributed by atoms with Crippen LogP contribution in [0.3, 0.4) is 0 Å². The number of aromatic nitrogens is 3. The highest BCUT2D eigenvalue weighted by Gasteiger charge is 2.19. The van der Waals surface area contributed by atoms with Crippen molar-refractivity contribution in [2.24, 2.45) is 0 Å². The highest BCUT2D eigenvalue weighted by molar-refractivity contribution is 7.18. The zero-order valence-electron chi connectivity index (χ0n) is 16.6. The fraction of sp³-hybridized carbons (Fsp3) is 0.476. The number of piperazine rings is 1. The predicted molar refractivity (Wildman–Crippen MR) is 114 cm³/mol. The summed E-state index contributed by atoms with van der Waals surface area (Å²) in [6, 6.07) is 6.08. The van der Waals surface area contributed by atoms with Crippen LogP contribution in [0.25, 0.3) is 10.2 Å². The number of hydrogen-bond donors (Lipinski definition) is 0. The van der Waals surface area contributed by atoms with Crippen molar-refractivity contribution < 1.29 is 4.73 Å². The summed E-state index contributed by atoms with van der Waals surface area (Å²) in [5, 5.41) is 13.3. The van der Waals surface area contributed by atoms with E-state index < -0.39 is 0 Å². The molecule has 7 heteroatoms. The van der Waals surface area contributed by atoms with Gasteiger partial charge in [-0.25, -0.2) is 9.71 Å². The largest absolute Gasteiger partial charge is 0.711 e. The molecule has 3 aromatic rings. The maximum atomic E-state index is 12.3. The van der Waals surface area contributed by atoms with E-state index in [1.807, 2.05) is 18.3 Å². The number of nitrogens with zero attached hydrogens (tertiary/aromatic N) is 5. The second-order valence-corrected chi connectivity index (χ2v) is 8.66. The van der Waals surface area contributed by atoms with Crippen molar-refractivity contribution in [1.29, 1.82) is 0 Å². The summed E-state index contributed by atoms with van der Waals surface area (Å²) in [6.07, 6.45) is 6.38. The number of rotatable bonds is 6. The van der Waals surface area contributed by atoms with Gasteiger partial charge in [-0.3, -0.25) is 4.90 Å². The Morgan fingerprint density at radius 3 is 2.71 bits per heavy atom. The second-order valence-electron chi connectivity index (χ2n) is 7.46. The summed E-state index contributed by atoms with van der Waals surface area (Å²) < 4.78 is 0.965. The summed E-state index contributed by atoms with van der Waals surface area (Å²) in [5.41, 5.74) is 1.17. The molecule has 0 saturated carbocycles. The lowest BCUT2D eigenvalue weighted by Gasteiger charge is -2.35. The molecule has 1 aliphatic heterocycles. The molecular weight excluding hydrogens is 370 g/mol. The summed E-state index contributed by atoms with van der Waals surface area (Å²) >= 11 is 1.68. The first kappa shape index (κ1) is 19.1. The zero-order valence-corrected chi connectivity index (χ0v) is 17.4. The lowest BCUT2D eigenvalue weighted by Crippen LogP contribution is -2.46. The maximum Gasteiger partial charge on any atom is 0.303 e. The average Bonchev–Trinajstić information content (AvgIpc) is 2.99. The molecule has 0 bridgehead atoms. The first-order chi connectivity index (χ1) is 13.6. The van der Waals surface area contributed by atoms with Crippen LogP contribution in [0.1, 0.15) is 29.1 Å². The lowest BCUT2D eigenvalue weighted by atomic mass is 10.2. The Balaban J connectivity index is 1.24. The molecule has 1 fully saturated rings. The minimum absolute atomic E-state index is 0.647. The number of thiophene rings is 1. The number of unbranched alkanes of at least 4 members (excludes halogenated alkanes) is 1. The molecule has 3 aromatic heterocycles. The Bertz CT molecular complexity index is 935. The highest BCUT2D eigenvalue weighted by Crippen LogP contribution is 2.27. The van der Waals surface area contributed by atoms with Crippen LogP contribution >= 0.6 is 11.3 Å². The van der Waals surface area contributed by atoms with E-state index in [1.165, 1.54) is 10.4 Å². The van der Waals surface area contributed by atoms with Gasteiger partial charge in [-0.15, -0.1) is 0 Å². The van der Waals surface area contributed by atoms with E-state index in [4.69, 9.17) is 0 Å². The molecule has 4 rings (SSSR count). The number of aryl methyl sites for hydroxylation is 3. The Hall–Kier alpha value is -2.25. The van der Waals surface area contributed by atoms with Gasteiger partial charge in [-0.2, -0.15) is 0 Å². The van der Waals surface area contributed by atoms with Gasteiger partial charge in [0.1, 0.15) is 12.0 Å². The molecule has 0 unspecified atom stereocenters. The zero-order chi connectivity index (χ0) is 19.5. The van der Waals surface area contributed by atoms with Gasteiger partial charge in [0.15, 0.2) is 0 Å². The standard InChI is InChI=1S/C21H27N5OS/c1-16-17(2)28-21-18(16)15-26(27)20(23-21)8-4-6-10-24-11-13-25(14-12-24)19-7-3-5-9-22-19/h3,5,7,9,15H,4,6,8,10-14H2,1-2H3. The van der Waals surface area contributed by atoms with Crippen LogP contribution in [0.4, 0.5) is 5.82 Å². The molecule has 0 amide bonds. The first-order valence-electron chi connectivity index (χ1n) is 9.99. The monoisotopic (exact) mass is 397 g/mol. The molecule has 1 saturated heterocycles. The number of anilines is 1. The molecule has 0 spiro atoms. The van der Waals surface area contributed by atoms with Crippen LogP contribution in [0.15, 0.2) is 30.6 Å². The molecule has 0 atom stereocenters. The van der Waals surface area contributed by atoms with E-state index in [9.17, 15) is 5.21 Å². The predicted octanol–water partition coefficient (Wildman–Crippen LogP) is 3.09. The Kier molecular flexibility index (Phi) is 5.73. The van der Waals surface area contributed by atoms with Crippen LogP contribution in [0.2, 0.25) is 0 Å². The fourth-order valence-electron chi connectivity index (χ4n) is 3.75. The van der Waals surface area contributed by atoms with E-state index in [0.29, 0.717) is 5.82 Å². The first-order valence-corrected chi connectivity index (χ1v) is 10.8. The average molecular weight is 398 g/mol. The third-order valence-electron chi connectivity index (χ3n) is 5.61. The number of fused-ring (bicyclic) bond motifs is 1. The minimum atomic E-state index is 0.647. The molecular formula is C21H27N5OS. The SMILES string of the molecule is Cc1sc2nc(CCCCN3CCN(c4ccccn4)CC3)[n+]([O-])cc2c1C. The van der Waals surface area contributed by atoms with Gasteiger partial charge in [0.25, 0.3) is 0 Å². The summed E-state index contributed by atoms with van der Waals surface area (Å²) in [6.45, 7) is 9.40. The second kappa shape index (κ2) is 8.41. The van der Waals surface area contributed by atoms with Gasteiger partial charge in [-0.1, -0.05) is 17.4 Å². The van der Waals surface area contributed by atoms with Gasteiger partial charge in [0.05, 0.1) is 11.8 Å². The highest BCUT2D eigenvalue weighted by atomic mass is 32.1. The van der Waals surface area contributed by atoms with E-state index in [1.54, 1.807) is 17.5 Å². The molecule has 0 radical (unpaired) electrons. The van der Waals surface area contributed by atoms with Crippen molar-refractivity contribution in [3.8, 4) is 0 Å². The van der Waals surface area contributed by atoms with Gasteiger partial charge in [0.2, 0.25) is 4.83 Å². The Labute approximate surface area is 170 Å². The maximum absolute atomic E-state index is 12.3. The Morgan fingerprint density at radius 1 is 1.14 bits per heavy atom. The van der Waals surface area contributed by atoms with Crippen LogP contribution < -0.4 is 9.63 Å². The van der Waals surface area contributed by atoms with Crippen LogP contribution in [-0.4, -0.2) is 47.6 Å². The Morgan fingerprint density at radius 2 is 1.96 bits per heavy atom. The van der Waals surface area contributed by atoms with Gasteiger partial charge in [0, 0.05) is 37.3 Å². The van der Waals surface area contributed by atoms with Crippen molar-refractivity contribution in [2.75, 3.05) is 37.6 Å². The van der Waals surface area contributed by atoms with Crippen LogP contribution in [-0.2, 0) is 6.42 Å². The smallest absolute Gasteiger partial charge is 0.303 e. The minimum Gasteiger partial charge on any atom is -0.711 e. The van der Waals surface area contributed by atoms with Crippen LogP contribution in [0.5, 0.6) is 0 Å². The van der Waals surface area contributed by atoms with Gasteiger partial charge in [-0.05, 0) is 55.9 Å². The summed E-state index contributed by atoms with van der Waals surface area (Å²) in [7, 11) is 0. The van der Waals surface area contributed by atoms with Gasteiger partial charge >= 0.3 is 5.82 Å². The third kappa shape index (κ3) is 4.10. The normalized spacial score (nSPS) is 15.4. The van der Waals surface area contributed by atoms with Crippen molar-refractivity contribution in [3.05, 3.63) is 52.1 Å². The quantitative estimate of drug-likeness (QED) is 0.363. The van der Waals surface area contributed by atoms with Crippen molar-refractivity contribution in [1.82, 2.24) is 14.9 Å². The molecule has 4 heterocycles. The molecule has 0 N–H and O–H groups in total. The van der Waals surface area contributed by atoms with E-state index in [0.717, 1.165) is 72.8 Å². The topological polar surface area (TPSA) is 59.2 Å². The van der Waals surface area contributed by atoms with E-state index >= 15 is 0 Å². The lowest BCUT2D eigenvalue weighted by molar-refractivity contribution is -0.616. The van der Waals surface area contributed by atoms with Crippen molar-refractivity contribution in [2.45, 2.75) is 33.1 Å². The summed E-state index contributed by atoms with van der Waals surface area (Å²) in [5.74, 6) is 1.72.